The van der Waals surface area contributed by atoms with E-state index in [1.54, 1.807) is 0 Å². The standard InChI is InChI=1S/C29H42O5Si/c1-26(2,3)35(22-14-10-8-11-15-22,23-16-12-9-13-17-23)32-21-24-28(6,30)18-19-29(7,34-24)25-20-31-27(4,5)33-25/h8-17,24-25,30H,18-21H2,1-7H3/t24-,25-,28-,29+/m1/s1. The Balaban J connectivity index is 1.67. The van der Waals surface area contributed by atoms with Crippen molar-refractivity contribution in [2.75, 3.05) is 13.2 Å². The van der Waals surface area contributed by atoms with Crippen LogP contribution in [0.3, 0.4) is 0 Å². The van der Waals surface area contributed by atoms with Crippen LogP contribution in [0.1, 0.15) is 61.3 Å². The second-order valence-electron chi connectivity index (χ2n) is 12.1. The zero-order chi connectivity index (χ0) is 25.5. The first kappa shape index (κ1) is 26.5. The first-order valence-corrected chi connectivity index (χ1v) is 14.7. The van der Waals surface area contributed by atoms with Crippen LogP contribution in [0.5, 0.6) is 0 Å². The molecule has 5 nitrogen and oxygen atoms in total. The number of aliphatic hydroxyl groups is 1. The van der Waals surface area contributed by atoms with Crippen molar-refractivity contribution in [1.29, 1.82) is 0 Å². The normalized spacial score (nSPS) is 31.4. The summed E-state index contributed by atoms with van der Waals surface area (Å²) < 4.78 is 25.8. The molecule has 0 unspecified atom stereocenters. The van der Waals surface area contributed by atoms with Gasteiger partial charge in [-0.05, 0) is 55.9 Å². The first-order valence-electron chi connectivity index (χ1n) is 12.8. The largest absolute Gasteiger partial charge is 0.405 e. The van der Waals surface area contributed by atoms with E-state index in [-0.39, 0.29) is 11.1 Å². The molecule has 4 rings (SSSR count). The van der Waals surface area contributed by atoms with Gasteiger partial charge in [0, 0.05) is 0 Å². The van der Waals surface area contributed by atoms with E-state index in [0.717, 1.165) is 0 Å². The molecule has 2 fully saturated rings. The van der Waals surface area contributed by atoms with Gasteiger partial charge < -0.3 is 23.7 Å². The van der Waals surface area contributed by atoms with Gasteiger partial charge in [-0.25, -0.2) is 0 Å². The third kappa shape index (κ3) is 5.15. The van der Waals surface area contributed by atoms with Crippen LogP contribution in [0.4, 0.5) is 0 Å². The van der Waals surface area contributed by atoms with E-state index in [4.69, 9.17) is 18.6 Å². The molecule has 2 aliphatic rings. The second kappa shape index (κ2) is 9.40. The fourth-order valence-corrected chi connectivity index (χ4v) is 10.1. The summed E-state index contributed by atoms with van der Waals surface area (Å²) in [5.74, 6) is -0.627. The summed E-state index contributed by atoms with van der Waals surface area (Å²) >= 11 is 0. The van der Waals surface area contributed by atoms with Crippen molar-refractivity contribution in [3.05, 3.63) is 60.7 Å². The third-order valence-corrected chi connectivity index (χ3v) is 12.8. The topological polar surface area (TPSA) is 57.2 Å². The van der Waals surface area contributed by atoms with E-state index >= 15 is 0 Å². The van der Waals surface area contributed by atoms with Crippen LogP contribution in [0, 0.1) is 0 Å². The number of benzene rings is 2. The van der Waals surface area contributed by atoms with Gasteiger partial charge in [-0.1, -0.05) is 81.4 Å². The Kier molecular flexibility index (Phi) is 7.12. The quantitative estimate of drug-likeness (QED) is 0.598. The average molecular weight is 499 g/mol. The van der Waals surface area contributed by atoms with Crippen molar-refractivity contribution in [1.82, 2.24) is 0 Å². The van der Waals surface area contributed by atoms with Crippen LogP contribution in [0.25, 0.3) is 0 Å². The number of ether oxygens (including phenoxy) is 3. The number of hydrogen-bond acceptors (Lipinski definition) is 5. The zero-order valence-electron chi connectivity index (χ0n) is 22.3. The van der Waals surface area contributed by atoms with Gasteiger partial charge in [0.1, 0.15) is 12.2 Å². The van der Waals surface area contributed by atoms with Crippen molar-refractivity contribution in [3.8, 4) is 0 Å². The third-order valence-electron chi connectivity index (χ3n) is 7.79. The fourth-order valence-electron chi connectivity index (χ4n) is 5.57. The second-order valence-corrected chi connectivity index (χ2v) is 16.4. The van der Waals surface area contributed by atoms with E-state index < -0.39 is 31.4 Å². The fraction of sp³-hybridized carbons (Fsp3) is 0.586. The molecular weight excluding hydrogens is 456 g/mol. The van der Waals surface area contributed by atoms with Crippen LogP contribution >= 0.6 is 0 Å². The lowest BCUT2D eigenvalue weighted by Crippen LogP contribution is -2.68. The van der Waals surface area contributed by atoms with E-state index in [9.17, 15) is 5.11 Å². The minimum Gasteiger partial charge on any atom is -0.405 e. The number of hydrogen-bond donors (Lipinski definition) is 1. The van der Waals surface area contributed by atoms with E-state index in [1.165, 1.54) is 10.4 Å². The van der Waals surface area contributed by atoms with Gasteiger partial charge in [0.15, 0.2) is 5.79 Å². The summed E-state index contributed by atoms with van der Waals surface area (Å²) in [4.78, 5) is 0. The molecule has 2 aromatic carbocycles. The molecule has 0 aromatic heterocycles. The molecular formula is C29H42O5Si. The molecule has 0 radical (unpaired) electrons. The first-order chi connectivity index (χ1) is 16.3. The van der Waals surface area contributed by atoms with Crippen molar-refractivity contribution in [2.45, 2.75) is 95.5 Å². The van der Waals surface area contributed by atoms with Crippen molar-refractivity contribution in [2.24, 2.45) is 0 Å². The lowest BCUT2D eigenvalue weighted by Gasteiger charge is -2.50. The van der Waals surface area contributed by atoms with Crippen LogP contribution in [-0.2, 0) is 18.6 Å². The lowest BCUT2D eigenvalue weighted by molar-refractivity contribution is -0.253. The highest BCUT2D eigenvalue weighted by molar-refractivity contribution is 6.99. The van der Waals surface area contributed by atoms with Gasteiger partial charge in [0.25, 0.3) is 8.32 Å². The summed E-state index contributed by atoms with van der Waals surface area (Å²) in [6, 6.07) is 21.1. The van der Waals surface area contributed by atoms with Gasteiger partial charge >= 0.3 is 0 Å². The maximum absolute atomic E-state index is 11.4. The average Bonchev–Trinajstić information content (AvgIpc) is 3.18. The van der Waals surface area contributed by atoms with E-state index in [0.29, 0.717) is 26.1 Å². The Morgan fingerprint density at radius 1 is 0.886 bits per heavy atom. The maximum Gasteiger partial charge on any atom is 0.261 e. The Morgan fingerprint density at radius 3 is 1.89 bits per heavy atom. The van der Waals surface area contributed by atoms with E-state index in [2.05, 4.69) is 76.2 Å². The van der Waals surface area contributed by atoms with Gasteiger partial charge in [-0.15, -0.1) is 0 Å². The highest BCUT2D eigenvalue weighted by Gasteiger charge is 2.55. The molecule has 0 spiro atoms. The van der Waals surface area contributed by atoms with E-state index in [1.807, 2.05) is 32.9 Å². The molecule has 1 N–H and O–H groups in total. The predicted molar refractivity (Wildman–Crippen MR) is 142 cm³/mol. The Bertz CT molecular complexity index is 946. The molecule has 0 amide bonds. The Hall–Kier alpha value is -1.54. The summed E-state index contributed by atoms with van der Waals surface area (Å²) in [7, 11) is -2.74. The Labute approximate surface area is 211 Å². The number of rotatable bonds is 6. The van der Waals surface area contributed by atoms with Gasteiger partial charge in [0.05, 0.1) is 24.4 Å². The van der Waals surface area contributed by atoms with Gasteiger partial charge in [-0.2, -0.15) is 0 Å². The molecule has 0 saturated carbocycles. The molecule has 192 valence electrons. The van der Waals surface area contributed by atoms with Crippen LogP contribution < -0.4 is 10.4 Å². The smallest absolute Gasteiger partial charge is 0.261 e. The molecule has 4 atom stereocenters. The SMILES string of the molecule is CC1(C)OC[C@H]([C@]2(C)CC[C@@](C)(O)[C@@H](CO[Si](c3ccccc3)(c3ccccc3)C(C)(C)C)O2)O1. The summed E-state index contributed by atoms with van der Waals surface area (Å²) in [5, 5.41) is 13.7. The van der Waals surface area contributed by atoms with Gasteiger partial charge in [0.2, 0.25) is 0 Å². The van der Waals surface area contributed by atoms with Crippen molar-refractivity contribution < 1.29 is 23.7 Å². The molecule has 2 heterocycles. The van der Waals surface area contributed by atoms with Crippen LogP contribution in [0.2, 0.25) is 5.04 Å². The van der Waals surface area contributed by atoms with Crippen LogP contribution in [-0.4, -0.2) is 55.8 Å². The maximum atomic E-state index is 11.4. The highest BCUT2D eigenvalue weighted by atomic mass is 28.4. The summed E-state index contributed by atoms with van der Waals surface area (Å²) in [5.41, 5.74) is -1.56. The molecule has 6 heteroatoms. The minimum absolute atomic E-state index is 0.147. The molecule has 2 aromatic rings. The van der Waals surface area contributed by atoms with Gasteiger partial charge in [-0.3, -0.25) is 0 Å². The molecule has 2 aliphatic heterocycles. The predicted octanol–water partition coefficient (Wildman–Crippen LogP) is 4.40. The molecule has 2 saturated heterocycles. The summed E-state index contributed by atoms with van der Waals surface area (Å²) in [6.45, 7) is 15.4. The Morgan fingerprint density at radius 2 is 1.43 bits per heavy atom. The van der Waals surface area contributed by atoms with Crippen molar-refractivity contribution >= 4 is 18.7 Å². The lowest BCUT2D eigenvalue weighted by atomic mass is 9.81. The minimum atomic E-state index is -2.74. The monoisotopic (exact) mass is 498 g/mol. The molecule has 0 bridgehead atoms. The zero-order valence-corrected chi connectivity index (χ0v) is 23.3. The molecule has 35 heavy (non-hydrogen) atoms. The van der Waals surface area contributed by atoms with Crippen molar-refractivity contribution in [3.63, 3.8) is 0 Å². The highest BCUT2D eigenvalue weighted by Crippen LogP contribution is 2.43. The summed E-state index contributed by atoms with van der Waals surface area (Å²) in [6.07, 6.45) is 0.623. The van der Waals surface area contributed by atoms with Crippen LogP contribution in [0.15, 0.2) is 60.7 Å². The molecule has 0 aliphatic carbocycles.